The van der Waals surface area contributed by atoms with Gasteiger partial charge in [0.15, 0.2) is 6.61 Å². The maximum atomic E-state index is 13.3. The highest BCUT2D eigenvalue weighted by atomic mass is 35.5. The molecule has 1 fully saturated rings. The van der Waals surface area contributed by atoms with E-state index in [9.17, 15) is 27.2 Å². The Kier molecular flexibility index (Phi) is 6.65. The minimum absolute atomic E-state index is 0.0653. The average Bonchev–Trinajstić information content (AvgIpc) is 2.60. The van der Waals surface area contributed by atoms with Gasteiger partial charge in [-0.25, -0.2) is 9.18 Å². The number of likely N-dealkylation sites (tertiary alicyclic amines) is 1. The van der Waals surface area contributed by atoms with Crippen molar-refractivity contribution in [1.29, 1.82) is 0 Å². The number of amides is 1. The van der Waals surface area contributed by atoms with Gasteiger partial charge >= 0.3 is 12.1 Å². The van der Waals surface area contributed by atoms with Crippen molar-refractivity contribution < 1.29 is 36.7 Å². The number of alkyl halides is 3. The summed E-state index contributed by atoms with van der Waals surface area (Å²) in [4.78, 5) is 28.1. The van der Waals surface area contributed by atoms with Crippen LogP contribution in [0, 0.1) is 5.82 Å². The first-order valence-corrected chi connectivity index (χ1v) is 7.93. The van der Waals surface area contributed by atoms with E-state index in [0.717, 1.165) is 6.07 Å². The van der Waals surface area contributed by atoms with Crippen LogP contribution >= 0.6 is 11.6 Å². The zero-order valence-electron chi connectivity index (χ0n) is 13.3. The van der Waals surface area contributed by atoms with Gasteiger partial charge in [-0.2, -0.15) is 13.2 Å². The Hall–Kier alpha value is -2.07. The van der Waals surface area contributed by atoms with Crippen LogP contribution < -0.4 is 10.2 Å². The van der Waals surface area contributed by atoms with Gasteiger partial charge in [0.25, 0.3) is 5.91 Å². The first-order chi connectivity index (χ1) is 12.2. The molecule has 0 radical (unpaired) electrons. The predicted octanol–water partition coefficient (Wildman–Crippen LogP) is 2.46. The van der Waals surface area contributed by atoms with Crippen LogP contribution in [0.15, 0.2) is 18.2 Å². The molecule has 144 valence electrons. The van der Waals surface area contributed by atoms with Gasteiger partial charge in [-0.1, -0.05) is 11.6 Å². The summed E-state index contributed by atoms with van der Waals surface area (Å²) in [7, 11) is 0. The molecule has 11 heteroatoms. The molecule has 0 aromatic heterocycles. The van der Waals surface area contributed by atoms with Gasteiger partial charge in [0.1, 0.15) is 11.6 Å². The molecule has 6 nitrogen and oxygen atoms in total. The summed E-state index contributed by atoms with van der Waals surface area (Å²) in [6, 6.07) is 3.29. The standard InChI is InChI=1S/C15H15ClF4N2O4/c16-11-2-1-10(7-12(11)17)25-8-13(23)22-5-3-9(4-6-22)21-26-14(24)15(18,19)20/h1-2,7,9,21H,3-6,8H2. The Balaban J connectivity index is 1.72. The van der Waals surface area contributed by atoms with E-state index in [0.29, 0.717) is 12.8 Å². The highest BCUT2D eigenvalue weighted by molar-refractivity contribution is 6.30. The van der Waals surface area contributed by atoms with Crippen molar-refractivity contribution in [2.24, 2.45) is 0 Å². The number of halogens is 5. The number of rotatable bonds is 5. The van der Waals surface area contributed by atoms with Gasteiger partial charge in [0.05, 0.1) is 5.02 Å². The van der Waals surface area contributed by atoms with E-state index in [1.165, 1.54) is 17.0 Å². The monoisotopic (exact) mass is 398 g/mol. The Morgan fingerprint density at radius 1 is 1.27 bits per heavy atom. The van der Waals surface area contributed by atoms with Crippen molar-refractivity contribution in [1.82, 2.24) is 10.4 Å². The molecule has 0 aliphatic carbocycles. The molecular formula is C15H15ClF4N2O4. The molecule has 1 saturated heterocycles. The molecule has 0 atom stereocenters. The average molecular weight is 399 g/mol. The minimum atomic E-state index is -5.07. The van der Waals surface area contributed by atoms with Crippen LogP contribution in [-0.4, -0.2) is 48.7 Å². The van der Waals surface area contributed by atoms with Gasteiger partial charge in [-0.05, 0) is 25.0 Å². The third-order valence-electron chi connectivity index (χ3n) is 3.65. The van der Waals surface area contributed by atoms with Crippen LogP contribution in [-0.2, 0) is 14.4 Å². The SMILES string of the molecule is O=C(COc1ccc(Cl)c(F)c1)N1CCC(NOC(=O)C(F)(F)F)CC1. The first kappa shape index (κ1) is 20.2. The lowest BCUT2D eigenvalue weighted by Gasteiger charge is -2.31. The normalized spacial score (nSPS) is 15.7. The number of hydrogen-bond donors (Lipinski definition) is 1. The van der Waals surface area contributed by atoms with Crippen molar-refractivity contribution >= 4 is 23.5 Å². The number of benzene rings is 1. The van der Waals surface area contributed by atoms with Gasteiger partial charge in [-0.15, -0.1) is 5.48 Å². The number of carbonyl (C=O) groups is 2. The fraction of sp³-hybridized carbons (Fsp3) is 0.467. The van der Waals surface area contributed by atoms with Crippen molar-refractivity contribution in [2.75, 3.05) is 19.7 Å². The van der Waals surface area contributed by atoms with E-state index in [-0.39, 0.29) is 36.4 Å². The van der Waals surface area contributed by atoms with Gasteiger partial charge in [0.2, 0.25) is 0 Å². The summed E-state index contributed by atoms with van der Waals surface area (Å²) in [5.74, 6) is -3.20. The van der Waals surface area contributed by atoms with Crippen molar-refractivity contribution in [3.8, 4) is 5.75 Å². The molecule has 0 spiro atoms. The van der Waals surface area contributed by atoms with E-state index in [1.807, 2.05) is 0 Å². The van der Waals surface area contributed by atoms with Crippen LogP contribution in [0.3, 0.4) is 0 Å². The lowest BCUT2D eigenvalue weighted by Crippen LogP contribution is -2.47. The number of piperidine rings is 1. The molecule has 1 amide bonds. The largest absolute Gasteiger partial charge is 0.492 e. The molecule has 0 unspecified atom stereocenters. The lowest BCUT2D eigenvalue weighted by atomic mass is 10.1. The predicted molar refractivity (Wildman–Crippen MR) is 81.8 cm³/mol. The number of nitrogens with one attached hydrogen (secondary N) is 1. The number of ether oxygens (including phenoxy) is 1. The Morgan fingerprint density at radius 3 is 2.50 bits per heavy atom. The summed E-state index contributed by atoms with van der Waals surface area (Å²) >= 11 is 5.54. The first-order valence-electron chi connectivity index (χ1n) is 7.56. The summed E-state index contributed by atoms with van der Waals surface area (Å²) in [6.07, 6.45) is -4.47. The topological polar surface area (TPSA) is 67.9 Å². The lowest BCUT2D eigenvalue weighted by molar-refractivity contribution is -0.209. The second-order valence-electron chi connectivity index (χ2n) is 5.52. The summed E-state index contributed by atoms with van der Waals surface area (Å²) in [5.41, 5.74) is 2.06. The molecule has 1 aromatic carbocycles. The number of hydroxylamine groups is 1. The van der Waals surface area contributed by atoms with Crippen LogP contribution in [0.1, 0.15) is 12.8 Å². The molecule has 1 N–H and O–H groups in total. The minimum Gasteiger partial charge on any atom is -0.484 e. The quantitative estimate of drug-likeness (QED) is 0.609. The molecule has 2 rings (SSSR count). The number of nitrogens with zero attached hydrogens (tertiary/aromatic N) is 1. The zero-order chi connectivity index (χ0) is 19.3. The van der Waals surface area contributed by atoms with Crippen LogP contribution in [0.25, 0.3) is 0 Å². The molecule has 0 saturated carbocycles. The fourth-order valence-electron chi connectivity index (χ4n) is 2.24. The summed E-state index contributed by atoms with van der Waals surface area (Å²) in [5, 5.41) is -0.0653. The second-order valence-corrected chi connectivity index (χ2v) is 5.93. The van der Waals surface area contributed by atoms with Crippen molar-refractivity contribution in [3.05, 3.63) is 29.0 Å². The summed E-state index contributed by atoms with van der Waals surface area (Å²) < 4.78 is 54.6. The van der Waals surface area contributed by atoms with Crippen molar-refractivity contribution in [3.63, 3.8) is 0 Å². The smallest absolute Gasteiger partial charge is 0.484 e. The maximum absolute atomic E-state index is 13.3. The third-order valence-corrected chi connectivity index (χ3v) is 3.96. The Morgan fingerprint density at radius 2 is 1.92 bits per heavy atom. The molecule has 1 aromatic rings. The Bertz CT molecular complexity index is 664. The second kappa shape index (κ2) is 8.54. The molecule has 1 heterocycles. The highest BCUT2D eigenvalue weighted by Gasteiger charge is 2.42. The van der Waals surface area contributed by atoms with E-state index in [4.69, 9.17) is 16.3 Å². The number of hydrogen-bond acceptors (Lipinski definition) is 5. The molecule has 1 aliphatic heterocycles. The molecule has 26 heavy (non-hydrogen) atoms. The van der Waals surface area contributed by atoms with Crippen LogP contribution in [0.5, 0.6) is 5.75 Å². The summed E-state index contributed by atoms with van der Waals surface area (Å²) in [6.45, 7) is 0.180. The third kappa shape index (κ3) is 5.73. The van der Waals surface area contributed by atoms with Gasteiger partial charge < -0.3 is 14.5 Å². The van der Waals surface area contributed by atoms with E-state index in [1.54, 1.807) is 0 Å². The van der Waals surface area contributed by atoms with Gasteiger partial charge in [0, 0.05) is 25.2 Å². The number of carbonyl (C=O) groups excluding carboxylic acids is 2. The van der Waals surface area contributed by atoms with E-state index < -0.39 is 24.0 Å². The molecule has 1 aliphatic rings. The Labute approximate surface area is 150 Å². The van der Waals surface area contributed by atoms with Gasteiger partial charge in [-0.3, -0.25) is 4.79 Å². The van der Waals surface area contributed by atoms with Crippen LogP contribution in [0.4, 0.5) is 17.6 Å². The van der Waals surface area contributed by atoms with E-state index in [2.05, 4.69) is 10.3 Å². The highest BCUT2D eigenvalue weighted by Crippen LogP contribution is 2.21. The molecular weight excluding hydrogens is 384 g/mol. The van der Waals surface area contributed by atoms with Crippen LogP contribution in [0.2, 0.25) is 5.02 Å². The van der Waals surface area contributed by atoms with Crippen molar-refractivity contribution in [2.45, 2.75) is 25.1 Å². The van der Waals surface area contributed by atoms with E-state index >= 15 is 0 Å². The maximum Gasteiger partial charge on any atom is 0.492 e. The fourth-order valence-corrected chi connectivity index (χ4v) is 2.36. The zero-order valence-corrected chi connectivity index (χ0v) is 14.1. The molecule has 0 bridgehead atoms.